The molecular weight excluding hydrogens is 302 g/mol. The monoisotopic (exact) mass is 317 g/mol. The van der Waals surface area contributed by atoms with E-state index in [1.807, 2.05) is 18.4 Å². The third-order valence-electron chi connectivity index (χ3n) is 3.37. The number of ether oxygens (including phenoxy) is 2. The number of carbonyl (C=O) groups excluding carboxylic acids is 2. The van der Waals surface area contributed by atoms with Crippen molar-refractivity contribution >= 4 is 23.1 Å². The summed E-state index contributed by atoms with van der Waals surface area (Å²) in [5.74, 6) is 0.174. The summed E-state index contributed by atoms with van der Waals surface area (Å²) in [5, 5.41) is 2.72. The van der Waals surface area contributed by atoms with Crippen LogP contribution in [0, 0.1) is 6.92 Å². The lowest BCUT2D eigenvalue weighted by atomic mass is 10.1. The first-order valence-corrected chi connectivity index (χ1v) is 7.85. The number of aromatic nitrogens is 1. The van der Waals surface area contributed by atoms with Gasteiger partial charge in [-0.25, -0.2) is 4.98 Å². The number of nitrogens with zero attached hydrogens (tertiary/aromatic N) is 1. The van der Waals surface area contributed by atoms with Crippen molar-refractivity contribution in [1.29, 1.82) is 0 Å². The normalized spacial score (nSPS) is 12.6. The largest absolute Gasteiger partial charge is 0.493 e. The van der Waals surface area contributed by atoms with Crippen LogP contribution in [0.25, 0.3) is 0 Å². The molecule has 2 heterocycles. The number of thiazole rings is 1. The standard InChI is InChI=1S/C16H15NO4S/c1-10-17-13(9-22-10)7-16(19)21-8-14(18)11-2-3-15-12(6-11)4-5-20-15/h2-3,6,9H,4-5,7-8H2,1H3. The molecule has 0 unspecified atom stereocenters. The molecule has 0 radical (unpaired) electrons. The van der Waals surface area contributed by atoms with E-state index in [0.717, 1.165) is 22.7 Å². The van der Waals surface area contributed by atoms with Gasteiger partial charge in [-0.15, -0.1) is 11.3 Å². The molecule has 5 nitrogen and oxygen atoms in total. The Kier molecular flexibility index (Phi) is 4.20. The number of ketones is 1. The average molecular weight is 317 g/mol. The van der Waals surface area contributed by atoms with Gasteiger partial charge in [-0.1, -0.05) is 0 Å². The van der Waals surface area contributed by atoms with E-state index in [4.69, 9.17) is 9.47 Å². The van der Waals surface area contributed by atoms with Crippen LogP contribution in [0.3, 0.4) is 0 Å². The SMILES string of the molecule is Cc1nc(CC(=O)OCC(=O)c2ccc3c(c2)CCO3)cs1. The average Bonchev–Trinajstić information content (AvgIpc) is 3.12. The highest BCUT2D eigenvalue weighted by atomic mass is 32.1. The quantitative estimate of drug-likeness (QED) is 0.625. The summed E-state index contributed by atoms with van der Waals surface area (Å²) < 4.78 is 10.4. The van der Waals surface area contributed by atoms with Gasteiger partial charge in [-0.05, 0) is 30.7 Å². The fourth-order valence-corrected chi connectivity index (χ4v) is 2.89. The first kappa shape index (κ1) is 14.7. The first-order valence-electron chi connectivity index (χ1n) is 6.97. The second-order valence-corrected chi connectivity index (χ2v) is 6.10. The molecule has 1 aliphatic rings. The van der Waals surface area contributed by atoms with Gasteiger partial charge in [0.1, 0.15) is 5.75 Å². The van der Waals surface area contributed by atoms with E-state index < -0.39 is 5.97 Å². The van der Waals surface area contributed by atoms with Crippen molar-refractivity contribution in [2.24, 2.45) is 0 Å². The lowest BCUT2D eigenvalue weighted by Crippen LogP contribution is -2.16. The van der Waals surface area contributed by atoms with Crippen LogP contribution in [0.1, 0.15) is 26.6 Å². The fraction of sp³-hybridized carbons (Fsp3) is 0.312. The topological polar surface area (TPSA) is 65.5 Å². The predicted octanol–water partition coefficient (Wildman–Crippen LogP) is 2.36. The van der Waals surface area contributed by atoms with Crippen LogP contribution in [0.4, 0.5) is 0 Å². The minimum Gasteiger partial charge on any atom is -0.493 e. The van der Waals surface area contributed by atoms with Crippen molar-refractivity contribution in [3.05, 3.63) is 45.4 Å². The number of fused-ring (bicyclic) bond motifs is 1. The molecule has 6 heteroatoms. The maximum Gasteiger partial charge on any atom is 0.312 e. The number of hydrogen-bond donors (Lipinski definition) is 0. The molecule has 1 aromatic heterocycles. The lowest BCUT2D eigenvalue weighted by Gasteiger charge is -2.05. The van der Waals surface area contributed by atoms with E-state index in [9.17, 15) is 9.59 Å². The van der Waals surface area contributed by atoms with Crippen molar-refractivity contribution in [3.8, 4) is 5.75 Å². The summed E-state index contributed by atoms with van der Waals surface area (Å²) in [6, 6.07) is 5.29. The van der Waals surface area contributed by atoms with Gasteiger partial charge in [-0.2, -0.15) is 0 Å². The number of rotatable bonds is 5. The number of benzene rings is 1. The van der Waals surface area contributed by atoms with Gasteiger partial charge in [0, 0.05) is 17.4 Å². The summed E-state index contributed by atoms with van der Waals surface area (Å²) >= 11 is 1.48. The molecule has 0 atom stereocenters. The van der Waals surface area contributed by atoms with E-state index in [1.54, 1.807) is 12.1 Å². The molecule has 0 fully saturated rings. The molecule has 0 saturated carbocycles. The Bertz CT molecular complexity index is 723. The Labute approximate surface area is 131 Å². The van der Waals surface area contributed by atoms with Gasteiger partial charge in [0.2, 0.25) is 0 Å². The van der Waals surface area contributed by atoms with Crippen molar-refractivity contribution in [3.63, 3.8) is 0 Å². The van der Waals surface area contributed by atoms with Gasteiger partial charge in [0.15, 0.2) is 12.4 Å². The highest BCUT2D eigenvalue weighted by Crippen LogP contribution is 2.26. The molecule has 1 aliphatic heterocycles. The van der Waals surface area contributed by atoms with Crippen LogP contribution in [0.2, 0.25) is 0 Å². The van der Waals surface area contributed by atoms with Crippen molar-refractivity contribution < 1.29 is 19.1 Å². The Hall–Kier alpha value is -2.21. The number of Topliss-reactive ketones (excluding diaryl/α,β-unsaturated/α-hetero) is 1. The highest BCUT2D eigenvalue weighted by molar-refractivity contribution is 7.09. The highest BCUT2D eigenvalue weighted by Gasteiger charge is 2.16. The number of esters is 1. The Balaban J connectivity index is 1.54. The Morgan fingerprint density at radius 3 is 3.05 bits per heavy atom. The van der Waals surface area contributed by atoms with Crippen LogP contribution in [0.5, 0.6) is 5.75 Å². The second-order valence-electron chi connectivity index (χ2n) is 5.04. The molecule has 0 bridgehead atoms. The summed E-state index contributed by atoms with van der Waals surface area (Å²) in [7, 11) is 0. The maximum absolute atomic E-state index is 12.1. The molecular formula is C16H15NO4S. The Morgan fingerprint density at radius 1 is 1.41 bits per heavy atom. The van der Waals surface area contributed by atoms with Crippen LogP contribution >= 0.6 is 11.3 Å². The van der Waals surface area contributed by atoms with Crippen LogP contribution in [-0.2, 0) is 22.4 Å². The minimum atomic E-state index is -0.442. The van der Waals surface area contributed by atoms with Gasteiger partial charge in [-0.3, -0.25) is 9.59 Å². The smallest absolute Gasteiger partial charge is 0.312 e. The second kappa shape index (κ2) is 6.27. The summed E-state index contributed by atoms with van der Waals surface area (Å²) in [5.41, 5.74) is 2.24. The minimum absolute atomic E-state index is 0.0929. The number of aryl methyl sites for hydroxylation is 1. The maximum atomic E-state index is 12.1. The molecule has 0 N–H and O–H groups in total. The first-order chi connectivity index (χ1) is 10.6. The van der Waals surface area contributed by atoms with Crippen LogP contribution in [-0.4, -0.2) is 30.0 Å². The molecule has 1 aromatic carbocycles. The zero-order chi connectivity index (χ0) is 15.5. The van der Waals surface area contributed by atoms with Crippen molar-refractivity contribution in [2.45, 2.75) is 19.8 Å². The molecule has 3 rings (SSSR count). The van der Waals surface area contributed by atoms with Crippen LogP contribution in [0.15, 0.2) is 23.6 Å². The van der Waals surface area contributed by atoms with Gasteiger partial charge in [0.25, 0.3) is 0 Å². The summed E-state index contributed by atoms with van der Waals surface area (Å²) in [6.45, 7) is 2.28. The molecule has 0 spiro atoms. The summed E-state index contributed by atoms with van der Waals surface area (Å²) in [4.78, 5) is 28.0. The van der Waals surface area contributed by atoms with Gasteiger partial charge < -0.3 is 9.47 Å². The molecule has 22 heavy (non-hydrogen) atoms. The van der Waals surface area contributed by atoms with Gasteiger partial charge >= 0.3 is 5.97 Å². The third-order valence-corrected chi connectivity index (χ3v) is 4.19. The van der Waals surface area contributed by atoms with Crippen LogP contribution < -0.4 is 4.74 Å². The Morgan fingerprint density at radius 2 is 2.27 bits per heavy atom. The lowest BCUT2D eigenvalue weighted by molar-refractivity contribution is -0.141. The molecule has 0 saturated heterocycles. The number of carbonyl (C=O) groups is 2. The molecule has 0 amide bonds. The fourth-order valence-electron chi connectivity index (χ4n) is 2.28. The van der Waals surface area contributed by atoms with E-state index in [2.05, 4.69) is 4.98 Å². The number of hydrogen-bond acceptors (Lipinski definition) is 6. The van der Waals surface area contributed by atoms with Crippen molar-refractivity contribution in [1.82, 2.24) is 4.98 Å². The molecule has 2 aromatic rings. The third kappa shape index (κ3) is 3.33. The van der Waals surface area contributed by atoms with Crippen molar-refractivity contribution in [2.75, 3.05) is 13.2 Å². The van der Waals surface area contributed by atoms with E-state index in [0.29, 0.717) is 17.9 Å². The van der Waals surface area contributed by atoms with E-state index >= 15 is 0 Å². The zero-order valence-electron chi connectivity index (χ0n) is 12.1. The zero-order valence-corrected chi connectivity index (χ0v) is 12.9. The summed E-state index contributed by atoms with van der Waals surface area (Å²) in [6.07, 6.45) is 0.898. The molecule has 114 valence electrons. The van der Waals surface area contributed by atoms with E-state index in [1.165, 1.54) is 11.3 Å². The van der Waals surface area contributed by atoms with Gasteiger partial charge in [0.05, 0.1) is 23.7 Å². The predicted molar refractivity (Wildman–Crippen MR) is 81.5 cm³/mol. The van der Waals surface area contributed by atoms with E-state index in [-0.39, 0.29) is 18.8 Å². The molecule has 0 aliphatic carbocycles.